The molecule has 0 aliphatic carbocycles. The minimum atomic E-state index is -0.604. The number of carbonyl (C=O) groups excluding carboxylic acids is 1. The van der Waals surface area contributed by atoms with Crippen LogP contribution in [0.15, 0.2) is 84.9 Å². The minimum absolute atomic E-state index is 0.0896. The van der Waals surface area contributed by atoms with Crippen LogP contribution < -0.4 is 15.0 Å². The first-order valence-electron chi connectivity index (χ1n) is 11.1. The second-order valence-electron chi connectivity index (χ2n) is 9.04. The van der Waals surface area contributed by atoms with Gasteiger partial charge in [-0.2, -0.15) is 0 Å². The van der Waals surface area contributed by atoms with Crippen molar-refractivity contribution in [2.24, 2.45) is 0 Å². The Morgan fingerprint density at radius 1 is 1.00 bits per heavy atom. The molecule has 1 atom stereocenters. The summed E-state index contributed by atoms with van der Waals surface area (Å²) in [6, 6.07) is 26.7. The van der Waals surface area contributed by atoms with E-state index < -0.39 is 5.66 Å². The van der Waals surface area contributed by atoms with Crippen molar-refractivity contribution in [1.29, 1.82) is 0 Å². The van der Waals surface area contributed by atoms with Gasteiger partial charge in [-0.25, -0.2) is 0 Å². The average Bonchev–Trinajstić information content (AvgIpc) is 3.01. The second-order valence-corrected chi connectivity index (χ2v) is 9.04. The van der Waals surface area contributed by atoms with Crippen molar-refractivity contribution in [3.05, 3.63) is 102 Å². The van der Waals surface area contributed by atoms with Crippen LogP contribution >= 0.6 is 0 Å². The van der Waals surface area contributed by atoms with E-state index in [0.717, 1.165) is 16.9 Å². The summed E-state index contributed by atoms with van der Waals surface area (Å²) >= 11 is 0. The molecule has 4 nitrogen and oxygen atoms in total. The zero-order valence-electron chi connectivity index (χ0n) is 18.5. The Hall–Kier alpha value is -3.53. The lowest BCUT2D eigenvalue weighted by atomic mass is 9.74. The van der Waals surface area contributed by atoms with E-state index >= 15 is 0 Å². The molecule has 0 radical (unpaired) electrons. The first-order chi connectivity index (χ1) is 15.5. The van der Waals surface area contributed by atoms with Crippen LogP contribution in [0.1, 0.15) is 37.0 Å². The summed E-state index contributed by atoms with van der Waals surface area (Å²) in [6.45, 7) is 5.66. The Labute approximate surface area is 189 Å². The number of hydrogen-bond donors (Lipinski definition) is 1. The Morgan fingerprint density at radius 3 is 2.62 bits per heavy atom. The van der Waals surface area contributed by atoms with E-state index in [4.69, 9.17) is 4.74 Å². The number of nitrogens with zero attached hydrogens (tertiary/aromatic N) is 1. The summed E-state index contributed by atoms with van der Waals surface area (Å²) in [4.78, 5) is 14.9. The van der Waals surface area contributed by atoms with E-state index in [0.29, 0.717) is 19.6 Å². The molecule has 0 unspecified atom stereocenters. The first kappa shape index (κ1) is 20.4. The maximum absolute atomic E-state index is 12.5. The van der Waals surface area contributed by atoms with Gasteiger partial charge in [0.15, 0.2) is 0 Å². The fourth-order valence-electron chi connectivity index (χ4n) is 4.98. The Balaban J connectivity index is 1.44. The van der Waals surface area contributed by atoms with Crippen LogP contribution in [0.4, 0.5) is 5.69 Å². The predicted octanol–water partition coefficient (Wildman–Crippen LogP) is 5.29. The van der Waals surface area contributed by atoms with Crippen molar-refractivity contribution in [2.75, 3.05) is 11.4 Å². The number of ether oxygens (including phenoxy) is 1. The highest BCUT2D eigenvalue weighted by Crippen LogP contribution is 2.52. The summed E-state index contributed by atoms with van der Waals surface area (Å²) in [7, 11) is 0. The van der Waals surface area contributed by atoms with Gasteiger partial charge in [0.1, 0.15) is 18.0 Å². The van der Waals surface area contributed by atoms with Crippen molar-refractivity contribution < 1.29 is 9.53 Å². The van der Waals surface area contributed by atoms with Gasteiger partial charge in [-0.3, -0.25) is 4.79 Å². The lowest BCUT2D eigenvalue weighted by molar-refractivity contribution is -0.124. The normalized spacial score (nSPS) is 21.2. The quantitative estimate of drug-likeness (QED) is 0.605. The first-order valence-corrected chi connectivity index (χ1v) is 11.1. The third-order valence-electron chi connectivity index (χ3n) is 6.76. The molecule has 3 aromatic carbocycles. The molecule has 1 saturated heterocycles. The SMILES string of the molecule is CC1(C)c2ccccc2N2CCC(=O)N[C@@]21/C=C\c1cccc(OCc2ccccc2)c1. The van der Waals surface area contributed by atoms with E-state index in [2.05, 4.69) is 78.7 Å². The lowest BCUT2D eigenvalue weighted by Crippen LogP contribution is -2.68. The van der Waals surface area contributed by atoms with Gasteiger partial charge in [0.25, 0.3) is 0 Å². The predicted molar refractivity (Wildman–Crippen MR) is 129 cm³/mol. The maximum atomic E-state index is 12.5. The van der Waals surface area contributed by atoms with E-state index in [1.54, 1.807) is 0 Å². The molecule has 32 heavy (non-hydrogen) atoms. The summed E-state index contributed by atoms with van der Waals surface area (Å²) in [6.07, 6.45) is 4.75. The molecule has 3 aromatic rings. The smallest absolute Gasteiger partial charge is 0.223 e. The molecule has 2 aliphatic heterocycles. The van der Waals surface area contributed by atoms with Crippen molar-refractivity contribution >= 4 is 17.7 Å². The van der Waals surface area contributed by atoms with Crippen LogP contribution in [0.5, 0.6) is 5.75 Å². The number of rotatable bonds is 5. The average molecular weight is 425 g/mol. The number of hydrogen-bond acceptors (Lipinski definition) is 3. The third-order valence-corrected chi connectivity index (χ3v) is 6.76. The molecule has 4 heteroatoms. The number of para-hydroxylation sites is 1. The van der Waals surface area contributed by atoms with Crippen molar-refractivity contribution in [1.82, 2.24) is 5.32 Å². The van der Waals surface area contributed by atoms with Gasteiger partial charge >= 0.3 is 0 Å². The van der Waals surface area contributed by atoms with Crippen molar-refractivity contribution in [3.8, 4) is 5.75 Å². The standard InChI is InChI=1S/C28H28N2O2/c1-27(2)24-13-6-7-14-25(24)30-18-16-26(31)29-28(27,30)17-15-21-11-8-12-23(19-21)32-20-22-9-4-3-5-10-22/h3-15,17,19H,16,18,20H2,1-2H3,(H,29,31)/b17-15-/t28-/m0/s1. The molecule has 1 fully saturated rings. The van der Waals surface area contributed by atoms with Gasteiger partial charge in [-0.15, -0.1) is 0 Å². The van der Waals surface area contributed by atoms with Crippen LogP contribution in [0, 0.1) is 0 Å². The van der Waals surface area contributed by atoms with Crippen LogP contribution in [0.25, 0.3) is 6.08 Å². The van der Waals surface area contributed by atoms with Crippen LogP contribution in [-0.2, 0) is 16.8 Å². The summed E-state index contributed by atoms with van der Waals surface area (Å²) in [5.41, 5.74) is 3.74. The molecule has 5 rings (SSSR count). The van der Waals surface area contributed by atoms with E-state index in [-0.39, 0.29) is 11.3 Å². The molecular formula is C28H28N2O2. The largest absolute Gasteiger partial charge is 0.489 e. The molecule has 0 aromatic heterocycles. The highest BCUT2D eigenvalue weighted by Gasteiger charge is 2.57. The molecule has 2 aliphatic rings. The second kappa shape index (κ2) is 7.86. The molecule has 162 valence electrons. The number of anilines is 1. The topological polar surface area (TPSA) is 41.6 Å². The molecule has 1 N–H and O–H groups in total. The Morgan fingerprint density at radius 2 is 1.78 bits per heavy atom. The summed E-state index contributed by atoms with van der Waals surface area (Å²) in [5, 5.41) is 3.33. The highest BCUT2D eigenvalue weighted by atomic mass is 16.5. The minimum Gasteiger partial charge on any atom is -0.489 e. The van der Waals surface area contributed by atoms with Gasteiger partial charge < -0.3 is 15.0 Å². The number of amides is 1. The van der Waals surface area contributed by atoms with Crippen LogP contribution in [-0.4, -0.2) is 18.1 Å². The Kier molecular flexibility index (Phi) is 5.01. The number of fused-ring (bicyclic) bond motifs is 3. The van der Waals surface area contributed by atoms with E-state index in [1.165, 1.54) is 11.3 Å². The fraction of sp³-hybridized carbons (Fsp3) is 0.250. The zero-order valence-corrected chi connectivity index (χ0v) is 18.5. The third kappa shape index (κ3) is 3.36. The molecular weight excluding hydrogens is 396 g/mol. The molecule has 0 spiro atoms. The summed E-state index contributed by atoms with van der Waals surface area (Å²) in [5.74, 6) is 0.915. The van der Waals surface area contributed by atoms with Gasteiger partial charge in [0.2, 0.25) is 5.91 Å². The van der Waals surface area contributed by atoms with Gasteiger partial charge in [-0.1, -0.05) is 80.6 Å². The highest BCUT2D eigenvalue weighted by molar-refractivity contribution is 5.84. The molecule has 1 amide bonds. The number of carbonyl (C=O) groups is 1. The van der Waals surface area contributed by atoms with Gasteiger partial charge in [-0.05, 0) is 41.0 Å². The molecule has 0 bridgehead atoms. The van der Waals surface area contributed by atoms with E-state index in [9.17, 15) is 4.79 Å². The fourth-order valence-corrected chi connectivity index (χ4v) is 4.98. The number of benzene rings is 3. The maximum Gasteiger partial charge on any atom is 0.223 e. The summed E-state index contributed by atoms with van der Waals surface area (Å²) < 4.78 is 6.00. The molecule has 2 heterocycles. The zero-order chi connectivity index (χ0) is 22.2. The Bertz CT molecular complexity index is 1170. The van der Waals surface area contributed by atoms with Gasteiger partial charge in [0, 0.05) is 24.1 Å². The molecule has 0 saturated carbocycles. The van der Waals surface area contributed by atoms with Crippen molar-refractivity contribution in [2.45, 2.75) is 38.0 Å². The van der Waals surface area contributed by atoms with Crippen LogP contribution in [0.2, 0.25) is 0 Å². The van der Waals surface area contributed by atoms with Crippen molar-refractivity contribution in [3.63, 3.8) is 0 Å². The monoisotopic (exact) mass is 424 g/mol. The van der Waals surface area contributed by atoms with E-state index in [1.807, 2.05) is 36.4 Å². The van der Waals surface area contributed by atoms with Crippen LogP contribution in [0.3, 0.4) is 0 Å². The lowest BCUT2D eigenvalue weighted by Gasteiger charge is -2.49. The number of nitrogens with one attached hydrogen (secondary N) is 1. The van der Waals surface area contributed by atoms with Gasteiger partial charge in [0.05, 0.1) is 0 Å².